The molecule has 0 atom stereocenters. The molecule has 0 spiro atoms. The second-order valence-corrected chi connectivity index (χ2v) is 3.57. The molecule has 0 radical (unpaired) electrons. The van der Waals surface area contributed by atoms with Gasteiger partial charge in [0, 0.05) is 10.5 Å². The lowest BCUT2D eigenvalue weighted by atomic mass is 10.0. The van der Waals surface area contributed by atoms with E-state index in [4.69, 9.17) is 5.26 Å². The van der Waals surface area contributed by atoms with Gasteiger partial charge in [0.05, 0.1) is 6.07 Å². The number of allylic oxidation sites excluding steroid dienone is 2. The monoisotopic (exact) mass is 235 g/mol. The minimum atomic E-state index is 0.884. The van der Waals surface area contributed by atoms with Gasteiger partial charge in [0.25, 0.3) is 0 Å². The lowest BCUT2D eigenvalue weighted by Crippen LogP contribution is -1.81. The highest BCUT2D eigenvalue weighted by Crippen LogP contribution is 2.19. The van der Waals surface area contributed by atoms with Crippen LogP contribution in [0.3, 0.4) is 0 Å². The van der Waals surface area contributed by atoms with E-state index in [2.05, 4.69) is 22.0 Å². The van der Waals surface area contributed by atoms with Gasteiger partial charge < -0.3 is 0 Å². The molecule has 0 heterocycles. The molecule has 0 bridgehead atoms. The van der Waals surface area contributed by atoms with Gasteiger partial charge in [-0.2, -0.15) is 5.26 Å². The van der Waals surface area contributed by atoms with Crippen LogP contribution in [0.4, 0.5) is 0 Å². The molecule has 1 aromatic carbocycles. The summed E-state index contributed by atoms with van der Waals surface area (Å²) in [7, 11) is 0. The quantitative estimate of drug-likeness (QED) is 0.717. The summed E-state index contributed by atoms with van der Waals surface area (Å²) in [6.45, 7) is 2.05. The van der Waals surface area contributed by atoms with E-state index < -0.39 is 0 Å². The van der Waals surface area contributed by atoms with Crippen molar-refractivity contribution in [3.05, 3.63) is 40.4 Å². The molecule has 0 aliphatic carbocycles. The Bertz CT molecular complexity index is 343. The van der Waals surface area contributed by atoms with Crippen LogP contribution in [0.25, 0.3) is 5.57 Å². The molecule has 0 saturated carbocycles. The number of nitriles is 1. The lowest BCUT2D eigenvalue weighted by molar-refractivity contribution is 1.24. The zero-order valence-electron chi connectivity index (χ0n) is 7.42. The third-order valence-electron chi connectivity index (χ3n) is 1.83. The minimum absolute atomic E-state index is 0.884. The van der Waals surface area contributed by atoms with E-state index in [1.54, 1.807) is 6.08 Å². The molecule has 0 unspecified atom stereocenters. The number of rotatable bonds is 2. The first kappa shape index (κ1) is 10.0. The molecule has 0 aliphatic rings. The van der Waals surface area contributed by atoms with E-state index >= 15 is 0 Å². The van der Waals surface area contributed by atoms with Crippen LogP contribution in [0.1, 0.15) is 18.9 Å². The zero-order valence-corrected chi connectivity index (χ0v) is 9.01. The molecular weight excluding hydrogens is 226 g/mol. The second-order valence-electron chi connectivity index (χ2n) is 2.66. The largest absolute Gasteiger partial charge is 0.193 e. The molecule has 0 fully saturated rings. The molecule has 0 aromatic heterocycles. The summed E-state index contributed by atoms with van der Waals surface area (Å²) in [6, 6.07) is 10.0. The Hall–Kier alpha value is -1.07. The van der Waals surface area contributed by atoms with E-state index in [9.17, 15) is 0 Å². The fourth-order valence-corrected chi connectivity index (χ4v) is 1.40. The van der Waals surface area contributed by atoms with Crippen LogP contribution in [0.2, 0.25) is 0 Å². The van der Waals surface area contributed by atoms with Gasteiger partial charge in [-0.05, 0) is 29.7 Å². The van der Waals surface area contributed by atoms with E-state index in [1.165, 1.54) is 0 Å². The maximum Gasteiger partial charge on any atom is 0.0915 e. The molecule has 2 heteroatoms. The summed E-state index contributed by atoms with van der Waals surface area (Å²) in [5, 5.41) is 8.55. The molecule has 0 amide bonds. The molecule has 1 aromatic rings. The Morgan fingerprint density at radius 1 is 1.46 bits per heavy atom. The van der Waals surface area contributed by atoms with Gasteiger partial charge in [-0.1, -0.05) is 35.0 Å². The van der Waals surface area contributed by atoms with Crippen molar-refractivity contribution in [3.8, 4) is 6.07 Å². The van der Waals surface area contributed by atoms with Crippen molar-refractivity contribution in [2.24, 2.45) is 0 Å². The fraction of sp³-hybridized carbons (Fsp3) is 0.182. The fourth-order valence-electron chi connectivity index (χ4n) is 1.13. The Labute approximate surface area is 86.8 Å². The van der Waals surface area contributed by atoms with Crippen LogP contribution < -0.4 is 0 Å². The van der Waals surface area contributed by atoms with Crippen LogP contribution in [-0.2, 0) is 0 Å². The molecule has 0 saturated heterocycles. The third kappa shape index (κ3) is 2.71. The van der Waals surface area contributed by atoms with E-state index in [1.807, 2.05) is 31.2 Å². The first-order valence-electron chi connectivity index (χ1n) is 4.12. The first-order valence-corrected chi connectivity index (χ1v) is 4.91. The number of benzene rings is 1. The van der Waals surface area contributed by atoms with Crippen molar-refractivity contribution in [1.82, 2.24) is 0 Å². The van der Waals surface area contributed by atoms with Crippen molar-refractivity contribution in [1.29, 1.82) is 5.26 Å². The summed E-state index contributed by atoms with van der Waals surface area (Å²) in [6.07, 6.45) is 2.48. The van der Waals surface area contributed by atoms with Crippen molar-refractivity contribution in [2.45, 2.75) is 13.3 Å². The SMILES string of the molecule is CC/C(=C/C#N)c1ccc(Br)cc1. The van der Waals surface area contributed by atoms with Gasteiger partial charge in [0.15, 0.2) is 0 Å². The van der Waals surface area contributed by atoms with Gasteiger partial charge in [-0.3, -0.25) is 0 Å². The summed E-state index contributed by atoms with van der Waals surface area (Å²) in [5.41, 5.74) is 2.20. The zero-order chi connectivity index (χ0) is 9.68. The molecule has 1 rings (SSSR count). The summed E-state index contributed by atoms with van der Waals surface area (Å²) < 4.78 is 1.06. The standard InChI is InChI=1S/C11H10BrN/c1-2-9(7-8-13)10-3-5-11(12)6-4-10/h3-7H,2H2,1H3/b9-7-. The van der Waals surface area contributed by atoms with Crippen LogP contribution in [0, 0.1) is 11.3 Å². The number of halogens is 1. The van der Waals surface area contributed by atoms with Gasteiger partial charge >= 0.3 is 0 Å². The molecule has 1 nitrogen and oxygen atoms in total. The Morgan fingerprint density at radius 2 is 2.08 bits per heavy atom. The second kappa shape index (κ2) is 4.84. The molecule has 0 aliphatic heterocycles. The molecule has 0 N–H and O–H groups in total. The van der Waals surface area contributed by atoms with Crippen LogP contribution in [0.5, 0.6) is 0 Å². The highest BCUT2D eigenvalue weighted by atomic mass is 79.9. The van der Waals surface area contributed by atoms with Gasteiger partial charge in [-0.15, -0.1) is 0 Å². The van der Waals surface area contributed by atoms with Gasteiger partial charge in [0.1, 0.15) is 0 Å². The molecular formula is C11H10BrN. The highest BCUT2D eigenvalue weighted by Gasteiger charge is 1.97. The maximum absolute atomic E-state index is 8.55. The predicted molar refractivity (Wildman–Crippen MR) is 58.0 cm³/mol. The smallest absolute Gasteiger partial charge is 0.0915 e. The Morgan fingerprint density at radius 3 is 2.54 bits per heavy atom. The number of hydrogen-bond acceptors (Lipinski definition) is 1. The van der Waals surface area contributed by atoms with Gasteiger partial charge in [-0.25, -0.2) is 0 Å². The van der Waals surface area contributed by atoms with Crippen molar-refractivity contribution in [3.63, 3.8) is 0 Å². The van der Waals surface area contributed by atoms with Crippen molar-refractivity contribution < 1.29 is 0 Å². The predicted octanol–water partition coefficient (Wildman–Crippen LogP) is 3.77. The van der Waals surface area contributed by atoms with Crippen LogP contribution in [0.15, 0.2) is 34.8 Å². The highest BCUT2D eigenvalue weighted by molar-refractivity contribution is 9.10. The number of hydrogen-bond donors (Lipinski definition) is 0. The normalized spacial score (nSPS) is 11.0. The Balaban J connectivity index is 3.01. The summed E-state index contributed by atoms with van der Waals surface area (Å²) >= 11 is 3.37. The van der Waals surface area contributed by atoms with Crippen LogP contribution >= 0.6 is 15.9 Å². The third-order valence-corrected chi connectivity index (χ3v) is 2.36. The number of nitrogens with zero attached hydrogens (tertiary/aromatic N) is 1. The van der Waals surface area contributed by atoms with Crippen molar-refractivity contribution in [2.75, 3.05) is 0 Å². The van der Waals surface area contributed by atoms with E-state index in [0.29, 0.717) is 0 Å². The summed E-state index contributed by atoms with van der Waals surface area (Å²) in [5.74, 6) is 0. The van der Waals surface area contributed by atoms with E-state index in [-0.39, 0.29) is 0 Å². The average Bonchev–Trinajstić information content (AvgIpc) is 2.16. The van der Waals surface area contributed by atoms with Crippen molar-refractivity contribution >= 4 is 21.5 Å². The topological polar surface area (TPSA) is 23.8 Å². The average molecular weight is 236 g/mol. The Kier molecular flexibility index (Phi) is 3.72. The van der Waals surface area contributed by atoms with Gasteiger partial charge in [0.2, 0.25) is 0 Å². The van der Waals surface area contributed by atoms with E-state index in [0.717, 1.165) is 22.0 Å². The molecule has 66 valence electrons. The van der Waals surface area contributed by atoms with Crippen LogP contribution in [-0.4, -0.2) is 0 Å². The lowest BCUT2D eigenvalue weighted by Gasteiger charge is -2.02. The maximum atomic E-state index is 8.55. The molecule has 13 heavy (non-hydrogen) atoms. The minimum Gasteiger partial charge on any atom is -0.193 e. The first-order chi connectivity index (χ1) is 6.27. The summed E-state index contributed by atoms with van der Waals surface area (Å²) in [4.78, 5) is 0.